The fraction of sp³-hybridized carbons (Fsp3) is 0.250. The molecule has 0 unspecified atom stereocenters. The lowest BCUT2D eigenvalue weighted by atomic mass is 10.0. The van der Waals surface area contributed by atoms with Crippen LogP contribution in [0, 0.1) is 19.7 Å². The highest BCUT2D eigenvalue weighted by Crippen LogP contribution is 2.32. The Morgan fingerprint density at radius 1 is 1.11 bits per heavy atom. The topological polar surface area (TPSA) is 63.4 Å². The van der Waals surface area contributed by atoms with Gasteiger partial charge in [-0.15, -0.1) is 0 Å². The quantitative estimate of drug-likeness (QED) is 0.686. The molecule has 0 saturated carbocycles. The Hall–Kier alpha value is -2.51. The minimum absolute atomic E-state index is 0.162. The predicted molar refractivity (Wildman–Crippen MR) is 99.1 cm³/mol. The van der Waals surface area contributed by atoms with E-state index >= 15 is 0 Å². The van der Waals surface area contributed by atoms with Crippen LogP contribution >= 0.6 is 0 Å². The Labute approximate surface area is 157 Å². The van der Waals surface area contributed by atoms with Gasteiger partial charge in [0.2, 0.25) is 10.0 Å². The third-order valence-electron chi connectivity index (χ3n) is 4.86. The second kappa shape index (κ2) is 6.58. The van der Waals surface area contributed by atoms with Crippen molar-refractivity contribution >= 4 is 10.0 Å². The standard InChI is InChI=1S/C20H19FN2O3S/c1-13-3-8-19(14(2)11-13)27(24,25)23-10-9-17-18(12-23)22-26-20(17)15-4-6-16(21)7-5-15/h3-8,11H,9-10,12H2,1-2H3. The van der Waals surface area contributed by atoms with Crippen LogP contribution in [0.25, 0.3) is 11.3 Å². The van der Waals surface area contributed by atoms with Crippen LogP contribution in [0.4, 0.5) is 4.39 Å². The highest BCUT2D eigenvalue weighted by Gasteiger charge is 2.33. The minimum Gasteiger partial charge on any atom is -0.356 e. The second-order valence-electron chi connectivity index (χ2n) is 6.80. The average Bonchev–Trinajstić information content (AvgIpc) is 3.05. The highest BCUT2D eigenvalue weighted by atomic mass is 32.2. The van der Waals surface area contributed by atoms with Crippen LogP contribution in [0.1, 0.15) is 22.4 Å². The lowest BCUT2D eigenvalue weighted by Crippen LogP contribution is -2.36. The summed E-state index contributed by atoms with van der Waals surface area (Å²) in [6.45, 7) is 4.24. The van der Waals surface area contributed by atoms with Gasteiger partial charge in [0.1, 0.15) is 11.5 Å². The molecular weight excluding hydrogens is 367 g/mol. The largest absolute Gasteiger partial charge is 0.356 e. The van der Waals surface area contributed by atoms with E-state index < -0.39 is 10.0 Å². The van der Waals surface area contributed by atoms with Crippen LogP contribution in [0.3, 0.4) is 0 Å². The summed E-state index contributed by atoms with van der Waals surface area (Å²) in [5.41, 5.74) is 3.97. The zero-order chi connectivity index (χ0) is 19.2. The summed E-state index contributed by atoms with van der Waals surface area (Å²) < 4.78 is 46.2. The zero-order valence-electron chi connectivity index (χ0n) is 15.1. The molecule has 27 heavy (non-hydrogen) atoms. The first-order chi connectivity index (χ1) is 12.9. The van der Waals surface area contributed by atoms with E-state index in [1.807, 2.05) is 13.0 Å². The van der Waals surface area contributed by atoms with E-state index in [1.165, 1.54) is 16.4 Å². The number of aromatic nitrogens is 1. The summed E-state index contributed by atoms with van der Waals surface area (Å²) in [4.78, 5) is 0.318. The van der Waals surface area contributed by atoms with Crippen LogP contribution in [0.5, 0.6) is 0 Å². The van der Waals surface area contributed by atoms with Gasteiger partial charge in [-0.2, -0.15) is 4.31 Å². The van der Waals surface area contributed by atoms with Crippen molar-refractivity contribution in [3.8, 4) is 11.3 Å². The Balaban J connectivity index is 1.65. The van der Waals surface area contributed by atoms with Gasteiger partial charge in [-0.05, 0) is 56.2 Å². The lowest BCUT2D eigenvalue weighted by Gasteiger charge is -2.26. The fourth-order valence-corrected chi connectivity index (χ4v) is 5.08. The molecule has 1 aliphatic rings. The van der Waals surface area contributed by atoms with Gasteiger partial charge in [-0.25, -0.2) is 12.8 Å². The molecule has 0 N–H and O–H groups in total. The van der Waals surface area contributed by atoms with Gasteiger partial charge < -0.3 is 4.52 Å². The molecular formula is C20H19FN2O3S. The molecule has 4 rings (SSSR count). The number of fused-ring (bicyclic) bond motifs is 1. The molecule has 1 aliphatic heterocycles. The van der Waals surface area contributed by atoms with Crippen LogP contribution in [0.2, 0.25) is 0 Å². The fourth-order valence-electron chi connectivity index (χ4n) is 3.47. The first-order valence-electron chi connectivity index (χ1n) is 8.67. The van der Waals surface area contributed by atoms with Gasteiger partial charge in [0.25, 0.3) is 0 Å². The molecule has 0 aliphatic carbocycles. The molecule has 0 bridgehead atoms. The summed E-state index contributed by atoms with van der Waals surface area (Å²) in [5, 5.41) is 4.07. The smallest absolute Gasteiger partial charge is 0.243 e. The molecule has 0 spiro atoms. The molecule has 7 heteroatoms. The van der Waals surface area contributed by atoms with E-state index in [2.05, 4.69) is 5.16 Å². The number of benzene rings is 2. The molecule has 0 amide bonds. The maximum atomic E-state index is 13.1. The van der Waals surface area contributed by atoms with Gasteiger partial charge in [-0.1, -0.05) is 22.9 Å². The summed E-state index contributed by atoms with van der Waals surface area (Å²) in [7, 11) is -3.61. The number of hydrogen-bond donors (Lipinski definition) is 0. The predicted octanol–water partition coefficient (Wildman–Crippen LogP) is 3.84. The number of nitrogens with zero attached hydrogens (tertiary/aromatic N) is 2. The average molecular weight is 386 g/mol. The van der Waals surface area contributed by atoms with Crippen LogP contribution < -0.4 is 0 Å². The molecule has 0 fully saturated rings. The van der Waals surface area contributed by atoms with Crippen molar-refractivity contribution in [2.24, 2.45) is 0 Å². The number of rotatable bonds is 3. The van der Waals surface area contributed by atoms with Crippen molar-refractivity contribution in [2.75, 3.05) is 6.54 Å². The molecule has 2 aromatic carbocycles. The number of sulfonamides is 1. The van der Waals surface area contributed by atoms with E-state index in [9.17, 15) is 12.8 Å². The van der Waals surface area contributed by atoms with Crippen molar-refractivity contribution in [3.63, 3.8) is 0 Å². The molecule has 1 aromatic heterocycles. The summed E-state index contributed by atoms with van der Waals surface area (Å²) in [5.74, 6) is 0.256. The van der Waals surface area contributed by atoms with Gasteiger partial charge in [0.15, 0.2) is 5.76 Å². The van der Waals surface area contributed by atoms with E-state index in [0.717, 1.165) is 22.3 Å². The van der Waals surface area contributed by atoms with Crippen LogP contribution in [-0.2, 0) is 23.0 Å². The second-order valence-corrected chi connectivity index (χ2v) is 8.71. The SMILES string of the molecule is Cc1ccc(S(=O)(=O)N2CCc3c(noc3-c3ccc(F)cc3)C2)c(C)c1. The molecule has 5 nitrogen and oxygen atoms in total. The maximum absolute atomic E-state index is 13.1. The summed E-state index contributed by atoms with van der Waals surface area (Å²) >= 11 is 0. The van der Waals surface area contributed by atoms with Crippen LogP contribution in [-0.4, -0.2) is 24.4 Å². The molecule has 0 saturated heterocycles. The Kier molecular flexibility index (Phi) is 4.36. The lowest BCUT2D eigenvalue weighted by molar-refractivity contribution is 0.370. The Bertz CT molecular complexity index is 1100. The summed E-state index contributed by atoms with van der Waals surface area (Å²) in [6, 6.07) is 11.3. The van der Waals surface area contributed by atoms with E-state index in [0.29, 0.717) is 29.3 Å². The molecule has 140 valence electrons. The molecule has 0 atom stereocenters. The zero-order valence-corrected chi connectivity index (χ0v) is 15.9. The normalized spacial score (nSPS) is 14.9. The van der Waals surface area contributed by atoms with Gasteiger partial charge in [0, 0.05) is 17.7 Å². The first-order valence-corrected chi connectivity index (χ1v) is 10.1. The number of aryl methyl sites for hydroxylation is 2. The maximum Gasteiger partial charge on any atom is 0.243 e. The van der Waals surface area contributed by atoms with Crippen molar-refractivity contribution in [2.45, 2.75) is 31.7 Å². The molecule has 3 aromatic rings. The van der Waals surface area contributed by atoms with Crippen LogP contribution in [0.15, 0.2) is 51.9 Å². The van der Waals surface area contributed by atoms with E-state index in [1.54, 1.807) is 31.2 Å². The Morgan fingerprint density at radius 2 is 1.85 bits per heavy atom. The van der Waals surface area contributed by atoms with E-state index in [-0.39, 0.29) is 12.4 Å². The van der Waals surface area contributed by atoms with Gasteiger partial charge >= 0.3 is 0 Å². The number of hydrogen-bond acceptors (Lipinski definition) is 4. The van der Waals surface area contributed by atoms with E-state index in [4.69, 9.17) is 4.52 Å². The Morgan fingerprint density at radius 3 is 2.56 bits per heavy atom. The number of halogens is 1. The minimum atomic E-state index is -3.61. The monoisotopic (exact) mass is 386 g/mol. The van der Waals surface area contributed by atoms with Crippen molar-refractivity contribution in [3.05, 3.63) is 70.7 Å². The first kappa shape index (κ1) is 17.9. The van der Waals surface area contributed by atoms with Gasteiger partial charge in [-0.3, -0.25) is 0 Å². The van der Waals surface area contributed by atoms with Gasteiger partial charge in [0.05, 0.1) is 11.4 Å². The molecule has 2 heterocycles. The summed E-state index contributed by atoms with van der Waals surface area (Å²) in [6.07, 6.45) is 0.496. The third kappa shape index (κ3) is 3.17. The van der Waals surface area contributed by atoms with Crippen molar-refractivity contribution < 1.29 is 17.3 Å². The van der Waals surface area contributed by atoms with Crippen molar-refractivity contribution in [1.29, 1.82) is 0 Å². The van der Waals surface area contributed by atoms with Crippen molar-refractivity contribution in [1.82, 2.24) is 9.46 Å². The molecule has 0 radical (unpaired) electrons. The highest BCUT2D eigenvalue weighted by molar-refractivity contribution is 7.89. The third-order valence-corrected chi connectivity index (χ3v) is 6.87.